The van der Waals surface area contributed by atoms with Crippen molar-refractivity contribution in [1.29, 1.82) is 0 Å². The lowest BCUT2D eigenvalue weighted by atomic mass is 9.84. The Hall–Kier alpha value is -2.56. The molecule has 1 fully saturated rings. The van der Waals surface area contributed by atoms with Gasteiger partial charge >= 0.3 is 0 Å². The number of para-hydroxylation sites is 1. The van der Waals surface area contributed by atoms with E-state index in [0.29, 0.717) is 13.1 Å². The van der Waals surface area contributed by atoms with Gasteiger partial charge in [0.05, 0.1) is 18.2 Å². The van der Waals surface area contributed by atoms with Crippen molar-refractivity contribution in [2.45, 2.75) is 17.7 Å². The zero-order chi connectivity index (χ0) is 21.9. The van der Waals surface area contributed by atoms with Gasteiger partial charge in [-0.2, -0.15) is 0 Å². The van der Waals surface area contributed by atoms with E-state index >= 15 is 0 Å². The van der Waals surface area contributed by atoms with Gasteiger partial charge < -0.3 is 15.4 Å². The molecule has 0 aromatic heterocycles. The molecule has 1 atom stereocenters. The fourth-order valence-electron chi connectivity index (χ4n) is 3.96. The number of amides is 1. The number of methoxy groups -OCH3 is 1. The molecule has 2 aromatic rings. The number of primary sulfonamides is 1. The SMILES string of the molecule is COc1ccccc1C(=O)NC(c1c(F)cccc1F)(C1CCNCC1)S(N)(=O)=O. The second-order valence-electron chi connectivity index (χ2n) is 7.06. The maximum Gasteiger partial charge on any atom is 0.256 e. The minimum Gasteiger partial charge on any atom is -0.496 e. The Bertz CT molecular complexity index is 1020. The van der Waals surface area contributed by atoms with E-state index in [1.165, 1.54) is 19.2 Å². The van der Waals surface area contributed by atoms with E-state index in [1.54, 1.807) is 12.1 Å². The highest BCUT2D eigenvalue weighted by Gasteiger charge is 2.54. The summed E-state index contributed by atoms with van der Waals surface area (Å²) in [6.07, 6.45) is 0.465. The third-order valence-electron chi connectivity index (χ3n) is 5.35. The number of sulfonamides is 1. The van der Waals surface area contributed by atoms with Crippen molar-refractivity contribution in [2.24, 2.45) is 11.1 Å². The Kier molecular flexibility index (Phi) is 6.39. The highest BCUT2D eigenvalue weighted by atomic mass is 32.2. The summed E-state index contributed by atoms with van der Waals surface area (Å²) in [5.41, 5.74) is -0.777. The van der Waals surface area contributed by atoms with E-state index in [0.717, 1.165) is 18.2 Å². The van der Waals surface area contributed by atoms with Crippen molar-refractivity contribution >= 4 is 15.9 Å². The number of nitrogens with two attached hydrogens (primary N) is 1. The van der Waals surface area contributed by atoms with Crippen LogP contribution in [0.2, 0.25) is 0 Å². The number of benzene rings is 2. The molecule has 1 saturated heterocycles. The van der Waals surface area contributed by atoms with Gasteiger partial charge in [-0.25, -0.2) is 22.3 Å². The first kappa shape index (κ1) is 22.1. The normalized spacial score (nSPS) is 17.2. The van der Waals surface area contributed by atoms with Crippen LogP contribution in [-0.4, -0.2) is 34.5 Å². The molecule has 0 saturated carbocycles. The Morgan fingerprint density at radius 1 is 1.13 bits per heavy atom. The third-order valence-corrected chi connectivity index (χ3v) is 6.88. The zero-order valence-corrected chi connectivity index (χ0v) is 17.1. The summed E-state index contributed by atoms with van der Waals surface area (Å²) in [5, 5.41) is 11.0. The Balaban J connectivity index is 2.24. The van der Waals surface area contributed by atoms with Crippen molar-refractivity contribution in [1.82, 2.24) is 10.6 Å². The summed E-state index contributed by atoms with van der Waals surface area (Å²) >= 11 is 0. The molecule has 10 heteroatoms. The molecule has 1 unspecified atom stereocenters. The molecule has 0 bridgehead atoms. The Labute approximate surface area is 173 Å². The average Bonchev–Trinajstić information content (AvgIpc) is 2.72. The van der Waals surface area contributed by atoms with Crippen LogP contribution in [0.15, 0.2) is 42.5 Å². The first-order valence-corrected chi connectivity index (χ1v) is 10.9. The fraction of sp³-hybridized carbons (Fsp3) is 0.350. The number of nitrogens with one attached hydrogen (secondary N) is 2. The first-order chi connectivity index (χ1) is 14.2. The second-order valence-corrected chi connectivity index (χ2v) is 8.79. The summed E-state index contributed by atoms with van der Waals surface area (Å²) < 4.78 is 60.8. The van der Waals surface area contributed by atoms with E-state index in [4.69, 9.17) is 9.88 Å². The largest absolute Gasteiger partial charge is 0.496 e. The molecule has 0 aliphatic carbocycles. The molecule has 30 heavy (non-hydrogen) atoms. The van der Waals surface area contributed by atoms with Crippen molar-refractivity contribution in [3.05, 3.63) is 65.2 Å². The van der Waals surface area contributed by atoms with Crippen LogP contribution in [0.25, 0.3) is 0 Å². The lowest BCUT2D eigenvalue weighted by Crippen LogP contribution is -2.61. The van der Waals surface area contributed by atoms with Gasteiger partial charge in [0.15, 0.2) is 4.87 Å². The van der Waals surface area contributed by atoms with Crippen LogP contribution in [0.1, 0.15) is 28.8 Å². The predicted molar refractivity (Wildman–Crippen MR) is 107 cm³/mol. The number of halogens is 2. The molecule has 4 N–H and O–H groups in total. The van der Waals surface area contributed by atoms with Crippen LogP contribution >= 0.6 is 0 Å². The number of carbonyl (C=O) groups is 1. The molecule has 1 heterocycles. The maximum absolute atomic E-state index is 14.9. The molecular weight excluding hydrogens is 416 g/mol. The van der Waals surface area contributed by atoms with Crippen molar-refractivity contribution in [3.8, 4) is 5.75 Å². The summed E-state index contributed by atoms with van der Waals surface area (Å²) in [5.74, 6) is -3.77. The van der Waals surface area contributed by atoms with E-state index in [1.807, 2.05) is 0 Å². The minimum absolute atomic E-state index is 0.0127. The highest BCUT2D eigenvalue weighted by molar-refractivity contribution is 7.90. The predicted octanol–water partition coefficient (Wildman–Crippen LogP) is 1.84. The molecule has 1 amide bonds. The van der Waals surface area contributed by atoms with E-state index in [2.05, 4.69) is 10.6 Å². The standard InChI is InChI=1S/C20H23F2N3O4S/c1-29-17-8-3-2-5-14(17)19(26)25-20(30(23,27)28,13-9-11-24-12-10-13)18-15(21)6-4-7-16(18)22/h2-8,13,24H,9-12H2,1H3,(H,25,26)(H2,23,27,28). The molecule has 162 valence electrons. The number of carbonyl (C=O) groups excluding carboxylic acids is 1. The number of hydrogen-bond donors (Lipinski definition) is 3. The molecule has 0 radical (unpaired) electrons. The highest BCUT2D eigenvalue weighted by Crippen LogP contribution is 2.41. The molecule has 7 nitrogen and oxygen atoms in total. The molecule has 2 aromatic carbocycles. The van der Waals surface area contributed by atoms with Crippen LogP contribution in [-0.2, 0) is 14.9 Å². The zero-order valence-electron chi connectivity index (χ0n) is 16.3. The van der Waals surface area contributed by atoms with Gasteiger partial charge in [-0.15, -0.1) is 0 Å². The lowest BCUT2D eigenvalue weighted by Gasteiger charge is -2.41. The molecule has 0 spiro atoms. The minimum atomic E-state index is -4.73. The summed E-state index contributed by atoms with van der Waals surface area (Å²) in [6.45, 7) is 0.811. The number of ether oxygens (including phenoxy) is 1. The summed E-state index contributed by atoms with van der Waals surface area (Å²) in [7, 11) is -3.38. The second kappa shape index (κ2) is 8.66. The van der Waals surface area contributed by atoms with Crippen LogP contribution in [0, 0.1) is 17.6 Å². The van der Waals surface area contributed by atoms with Gasteiger partial charge in [0.25, 0.3) is 5.91 Å². The summed E-state index contributed by atoms with van der Waals surface area (Å²) in [6, 6.07) is 9.12. The van der Waals surface area contributed by atoms with Crippen LogP contribution in [0.4, 0.5) is 8.78 Å². The molecule has 1 aliphatic rings. The quantitative estimate of drug-likeness (QED) is 0.636. The van der Waals surface area contributed by atoms with E-state index in [-0.39, 0.29) is 24.2 Å². The van der Waals surface area contributed by atoms with Gasteiger partial charge in [-0.1, -0.05) is 18.2 Å². The summed E-state index contributed by atoms with van der Waals surface area (Å²) in [4.78, 5) is 10.7. The van der Waals surface area contributed by atoms with Gasteiger partial charge in [0.2, 0.25) is 10.0 Å². The van der Waals surface area contributed by atoms with Gasteiger partial charge in [-0.3, -0.25) is 4.79 Å². The van der Waals surface area contributed by atoms with E-state index < -0.39 is 43.9 Å². The number of rotatable bonds is 6. The number of hydrogen-bond acceptors (Lipinski definition) is 5. The Morgan fingerprint density at radius 2 is 1.73 bits per heavy atom. The van der Waals surface area contributed by atoms with Crippen molar-refractivity contribution < 1.29 is 26.7 Å². The van der Waals surface area contributed by atoms with Gasteiger partial charge in [0.1, 0.15) is 17.4 Å². The Morgan fingerprint density at radius 3 is 2.30 bits per heavy atom. The monoisotopic (exact) mass is 439 g/mol. The molecular formula is C20H23F2N3O4S. The lowest BCUT2D eigenvalue weighted by molar-refractivity contribution is 0.0883. The van der Waals surface area contributed by atoms with Gasteiger partial charge in [0, 0.05) is 5.92 Å². The molecule has 1 aliphatic heterocycles. The molecule has 3 rings (SSSR count). The van der Waals surface area contributed by atoms with Gasteiger partial charge in [-0.05, 0) is 50.2 Å². The van der Waals surface area contributed by atoms with Crippen LogP contribution in [0.3, 0.4) is 0 Å². The van der Waals surface area contributed by atoms with Crippen molar-refractivity contribution in [2.75, 3.05) is 20.2 Å². The first-order valence-electron chi connectivity index (χ1n) is 9.35. The average molecular weight is 439 g/mol. The van der Waals surface area contributed by atoms with E-state index in [9.17, 15) is 22.0 Å². The number of piperidine rings is 1. The van der Waals surface area contributed by atoms with Crippen LogP contribution < -0.4 is 20.5 Å². The fourth-order valence-corrected chi connectivity index (χ4v) is 5.38. The smallest absolute Gasteiger partial charge is 0.256 e. The van der Waals surface area contributed by atoms with Crippen molar-refractivity contribution in [3.63, 3.8) is 0 Å². The third kappa shape index (κ3) is 3.90. The maximum atomic E-state index is 14.9. The van der Waals surface area contributed by atoms with Crippen LogP contribution in [0.5, 0.6) is 5.75 Å². The topological polar surface area (TPSA) is 111 Å².